The lowest BCUT2D eigenvalue weighted by atomic mass is 9.96. The minimum absolute atomic E-state index is 0.316. The first-order valence-electron chi connectivity index (χ1n) is 12.6. The number of piperazine rings is 1. The molecule has 0 spiro atoms. The standard InChI is InChI=1S/C31H33N3O/c1-4-11-26(12-5-1)18-19-29-25-30(35-32-29)17-10-20-33-21-23-34(24-22-33)31(27-13-6-2-7-14-27)28-15-8-3-9-16-28/h1-9,11-16,18-19,25,31H,10,17,20-24H2. The fourth-order valence-electron chi connectivity index (χ4n) is 4.88. The highest BCUT2D eigenvalue weighted by Gasteiger charge is 2.26. The molecule has 178 valence electrons. The van der Waals surface area contributed by atoms with Crippen molar-refractivity contribution in [2.45, 2.75) is 18.9 Å². The summed E-state index contributed by atoms with van der Waals surface area (Å²) in [6.07, 6.45) is 6.08. The Labute approximate surface area is 208 Å². The average molecular weight is 464 g/mol. The van der Waals surface area contributed by atoms with Crippen molar-refractivity contribution in [1.82, 2.24) is 15.0 Å². The van der Waals surface area contributed by atoms with E-state index in [-0.39, 0.29) is 0 Å². The average Bonchev–Trinajstić information content (AvgIpc) is 3.38. The van der Waals surface area contributed by atoms with Gasteiger partial charge in [0.05, 0.1) is 6.04 Å². The number of rotatable bonds is 9. The summed E-state index contributed by atoms with van der Waals surface area (Å²) in [7, 11) is 0. The topological polar surface area (TPSA) is 32.5 Å². The molecule has 5 rings (SSSR count). The van der Waals surface area contributed by atoms with E-state index in [2.05, 4.69) is 99.9 Å². The molecule has 0 radical (unpaired) electrons. The molecule has 4 heteroatoms. The molecule has 0 unspecified atom stereocenters. The van der Waals surface area contributed by atoms with Crippen LogP contribution in [0, 0.1) is 0 Å². The van der Waals surface area contributed by atoms with Gasteiger partial charge in [0.15, 0.2) is 0 Å². The smallest absolute Gasteiger partial charge is 0.137 e. The predicted octanol–water partition coefficient (Wildman–Crippen LogP) is 6.18. The van der Waals surface area contributed by atoms with Crippen LogP contribution in [0.3, 0.4) is 0 Å². The first-order valence-corrected chi connectivity index (χ1v) is 12.6. The van der Waals surface area contributed by atoms with Gasteiger partial charge in [-0.05, 0) is 35.7 Å². The quantitative estimate of drug-likeness (QED) is 0.296. The number of hydrogen-bond acceptors (Lipinski definition) is 4. The molecule has 0 atom stereocenters. The highest BCUT2D eigenvalue weighted by atomic mass is 16.5. The van der Waals surface area contributed by atoms with Crippen molar-refractivity contribution in [1.29, 1.82) is 0 Å². The fraction of sp³-hybridized carbons (Fsp3) is 0.258. The number of nitrogens with zero attached hydrogens (tertiary/aromatic N) is 3. The van der Waals surface area contributed by atoms with E-state index >= 15 is 0 Å². The fourth-order valence-corrected chi connectivity index (χ4v) is 4.88. The van der Waals surface area contributed by atoms with E-state index in [9.17, 15) is 0 Å². The van der Waals surface area contributed by atoms with Gasteiger partial charge in [-0.1, -0.05) is 102 Å². The lowest BCUT2D eigenvalue weighted by molar-refractivity contribution is 0.108. The predicted molar refractivity (Wildman–Crippen MR) is 143 cm³/mol. The molecule has 1 fully saturated rings. The summed E-state index contributed by atoms with van der Waals surface area (Å²) in [6.45, 7) is 5.43. The van der Waals surface area contributed by atoms with Crippen LogP contribution in [-0.2, 0) is 6.42 Å². The number of benzene rings is 3. The second kappa shape index (κ2) is 11.8. The molecule has 3 aromatic carbocycles. The van der Waals surface area contributed by atoms with Gasteiger partial charge in [0.1, 0.15) is 11.5 Å². The maximum Gasteiger partial charge on any atom is 0.137 e. The van der Waals surface area contributed by atoms with Gasteiger partial charge >= 0.3 is 0 Å². The second-order valence-corrected chi connectivity index (χ2v) is 9.17. The Kier molecular flexibility index (Phi) is 7.84. The van der Waals surface area contributed by atoms with Crippen molar-refractivity contribution in [3.8, 4) is 0 Å². The SMILES string of the molecule is C(=Cc1cc(CCCN2CCN(C(c3ccccc3)c3ccccc3)CC2)on1)c1ccccc1. The molecule has 35 heavy (non-hydrogen) atoms. The molecule has 1 aliphatic heterocycles. The maximum absolute atomic E-state index is 5.56. The molecule has 0 bridgehead atoms. The van der Waals surface area contributed by atoms with Crippen molar-refractivity contribution in [3.05, 3.63) is 125 Å². The molecule has 1 aliphatic rings. The van der Waals surface area contributed by atoms with Gasteiger partial charge in [-0.25, -0.2) is 0 Å². The second-order valence-electron chi connectivity index (χ2n) is 9.17. The van der Waals surface area contributed by atoms with Crippen LogP contribution in [0.4, 0.5) is 0 Å². The van der Waals surface area contributed by atoms with Crippen LogP contribution in [-0.4, -0.2) is 47.7 Å². The zero-order valence-corrected chi connectivity index (χ0v) is 20.2. The normalized spacial score (nSPS) is 15.2. The van der Waals surface area contributed by atoms with Gasteiger partial charge in [0, 0.05) is 38.7 Å². The van der Waals surface area contributed by atoms with Crippen LogP contribution in [0.1, 0.15) is 40.6 Å². The number of hydrogen-bond donors (Lipinski definition) is 0. The van der Waals surface area contributed by atoms with E-state index < -0.39 is 0 Å². The van der Waals surface area contributed by atoms with Crippen molar-refractivity contribution in [3.63, 3.8) is 0 Å². The van der Waals surface area contributed by atoms with Crippen LogP contribution in [0.15, 0.2) is 102 Å². The lowest BCUT2D eigenvalue weighted by Gasteiger charge is -2.39. The maximum atomic E-state index is 5.56. The van der Waals surface area contributed by atoms with Gasteiger partial charge in [-0.3, -0.25) is 4.90 Å². The summed E-state index contributed by atoms with van der Waals surface area (Å²) in [5.41, 5.74) is 4.78. The highest BCUT2D eigenvalue weighted by molar-refractivity contribution is 5.67. The first kappa shape index (κ1) is 23.3. The Morgan fingerprint density at radius 2 is 1.34 bits per heavy atom. The third-order valence-corrected chi connectivity index (χ3v) is 6.72. The molecule has 1 saturated heterocycles. The summed E-state index contributed by atoms with van der Waals surface area (Å²) in [6, 6.07) is 34.4. The van der Waals surface area contributed by atoms with Crippen LogP contribution in [0.2, 0.25) is 0 Å². The summed E-state index contributed by atoms with van der Waals surface area (Å²) in [5.74, 6) is 0.963. The third kappa shape index (κ3) is 6.36. The molecular formula is C31H33N3O. The Bertz CT molecular complexity index is 1140. The van der Waals surface area contributed by atoms with E-state index in [4.69, 9.17) is 4.52 Å². The summed E-state index contributed by atoms with van der Waals surface area (Å²) >= 11 is 0. The summed E-state index contributed by atoms with van der Waals surface area (Å²) in [4.78, 5) is 5.21. The van der Waals surface area contributed by atoms with Crippen molar-refractivity contribution < 1.29 is 4.52 Å². The number of aromatic nitrogens is 1. The van der Waals surface area contributed by atoms with Gasteiger partial charge in [0.2, 0.25) is 0 Å². The van der Waals surface area contributed by atoms with Crippen LogP contribution >= 0.6 is 0 Å². The Hall–Kier alpha value is -3.47. The Morgan fingerprint density at radius 1 is 0.743 bits per heavy atom. The summed E-state index contributed by atoms with van der Waals surface area (Å²) in [5, 5.41) is 4.20. The van der Waals surface area contributed by atoms with Crippen molar-refractivity contribution in [2.24, 2.45) is 0 Å². The van der Waals surface area contributed by atoms with Crippen LogP contribution in [0.5, 0.6) is 0 Å². The zero-order valence-electron chi connectivity index (χ0n) is 20.2. The largest absolute Gasteiger partial charge is 0.361 e. The van der Waals surface area contributed by atoms with Crippen molar-refractivity contribution in [2.75, 3.05) is 32.7 Å². The number of aryl methyl sites for hydroxylation is 1. The third-order valence-electron chi connectivity index (χ3n) is 6.72. The molecule has 4 nitrogen and oxygen atoms in total. The molecule has 2 heterocycles. The van der Waals surface area contributed by atoms with Gasteiger partial charge in [-0.2, -0.15) is 0 Å². The molecule has 1 aromatic heterocycles. The van der Waals surface area contributed by atoms with E-state index in [0.717, 1.165) is 62.6 Å². The molecule has 0 amide bonds. The van der Waals surface area contributed by atoms with Crippen LogP contribution < -0.4 is 0 Å². The van der Waals surface area contributed by atoms with E-state index in [0.29, 0.717) is 6.04 Å². The van der Waals surface area contributed by atoms with Crippen molar-refractivity contribution >= 4 is 12.2 Å². The monoisotopic (exact) mass is 463 g/mol. The minimum atomic E-state index is 0.316. The van der Waals surface area contributed by atoms with Gasteiger partial charge in [0.25, 0.3) is 0 Å². The first-order chi connectivity index (χ1) is 17.3. The van der Waals surface area contributed by atoms with Crippen LogP contribution in [0.25, 0.3) is 12.2 Å². The van der Waals surface area contributed by atoms with E-state index in [1.165, 1.54) is 11.1 Å². The van der Waals surface area contributed by atoms with E-state index in [1.54, 1.807) is 0 Å². The summed E-state index contributed by atoms with van der Waals surface area (Å²) < 4.78 is 5.56. The minimum Gasteiger partial charge on any atom is -0.361 e. The van der Waals surface area contributed by atoms with Gasteiger partial charge < -0.3 is 9.42 Å². The molecule has 0 saturated carbocycles. The zero-order chi connectivity index (χ0) is 23.7. The van der Waals surface area contributed by atoms with Gasteiger partial charge in [-0.15, -0.1) is 0 Å². The van der Waals surface area contributed by atoms with E-state index in [1.807, 2.05) is 24.3 Å². The Morgan fingerprint density at radius 3 is 1.97 bits per heavy atom. The Balaban J connectivity index is 1.11. The lowest BCUT2D eigenvalue weighted by Crippen LogP contribution is -2.48. The molecule has 0 aliphatic carbocycles. The molecule has 0 N–H and O–H groups in total. The molecular weight excluding hydrogens is 430 g/mol. The highest BCUT2D eigenvalue weighted by Crippen LogP contribution is 2.29. The molecule has 4 aromatic rings.